The first kappa shape index (κ1) is 23.6. The molecule has 1 saturated heterocycles. The number of para-hydroxylation sites is 1. The molecule has 1 aliphatic rings. The van der Waals surface area contributed by atoms with E-state index in [1.165, 1.54) is 0 Å². The molecule has 1 fully saturated rings. The smallest absolute Gasteiger partial charge is 0.408 e. The van der Waals surface area contributed by atoms with Gasteiger partial charge in [0.25, 0.3) is 0 Å². The number of fused-ring (bicyclic) bond motifs is 1. The second kappa shape index (κ2) is 10.2. The summed E-state index contributed by atoms with van der Waals surface area (Å²) in [6.45, 7) is 8.48. The molecule has 180 valence electrons. The first-order valence-corrected chi connectivity index (χ1v) is 11.6. The fourth-order valence-electron chi connectivity index (χ4n) is 3.99. The van der Waals surface area contributed by atoms with E-state index in [1.807, 2.05) is 54.7 Å². The molecule has 2 amide bonds. The van der Waals surface area contributed by atoms with Crippen molar-refractivity contribution in [1.29, 1.82) is 0 Å². The molecule has 1 aliphatic heterocycles. The van der Waals surface area contributed by atoms with E-state index < -0.39 is 17.7 Å². The van der Waals surface area contributed by atoms with Gasteiger partial charge in [-0.3, -0.25) is 4.79 Å². The number of morpholine rings is 1. The third-order valence-electron chi connectivity index (χ3n) is 5.62. The summed E-state index contributed by atoms with van der Waals surface area (Å²) in [5, 5.41) is 6.70. The third kappa shape index (κ3) is 6.08. The average Bonchev–Trinajstić information content (AvgIpc) is 3.21. The van der Waals surface area contributed by atoms with Gasteiger partial charge in [-0.05, 0) is 56.7 Å². The van der Waals surface area contributed by atoms with Crippen molar-refractivity contribution in [2.24, 2.45) is 0 Å². The van der Waals surface area contributed by atoms with Crippen LogP contribution < -0.4 is 15.5 Å². The zero-order chi connectivity index (χ0) is 24.1. The normalized spacial score (nSPS) is 15.1. The highest BCUT2D eigenvalue weighted by atomic mass is 16.6. The lowest BCUT2D eigenvalue weighted by Gasteiger charge is -2.29. The number of aromatic amines is 1. The zero-order valence-corrected chi connectivity index (χ0v) is 19.9. The van der Waals surface area contributed by atoms with Crippen LogP contribution in [-0.4, -0.2) is 54.9 Å². The summed E-state index contributed by atoms with van der Waals surface area (Å²) < 4.78 is 10.8. The fraction of sp³-hybridized carbons (Fsp3) is 0.385. The van der Waals surface area contributed by atoms with E-state index in [0.717, 1.165) is 35.2 Å². The summed E-state index contributed by atoms with van der Waals surface area (Å²) in [5.41, 5.74) is 3.00. The summed E-state index contributed by atoms with van der Waals surface area (Å²) in [6, 6.07) is 14.8. The monoisotopic (exact) mass is 464 g/mol. The van der Waals surface area contributed by atoms with Crippen molar-refractivity contribution in [1.82, 2.24) is 10.3 Å². The Morgan fingerprint density at radius 3 is 2.50 bits per heavy atom. The predicted octanol–water partition coefficient (Wildman–Crippen LogP) is 4.08. The van der Waals surface area contributed by atoms with Crippen molar-refractivity contribution in [3.05, 3.63) is 60.3 Å². The molecule has 0 saturated carbocycles. The molecular formula is C26H32N4O4. The van der Waals surface area contributed by atoms with Crippen molar-refractivity contribution in [3.63, 3.8) is 0 Å². The number of benzene rings is 2. The topological polar surface area (TPSA) is 95.7 Å². The standard InChI is InChI=1S/C26H32N4O4/c1-26(2,3)34-25(32)29-23(16-18-17-27-22-7-5-4-6-21(18)22)24(31)28-19-8-10-20(11-9-19)30-12-14-33-15-13-30/h4-11,17,23,27H,12-16H2,1-3H3,(H,28,31)(H,29,32). The number of nitrogens with zero attached hydrogens (tertiary/aromatic N) is 1. The first-order valence-electron chi connectivity index (χ1n) is 11.6. The van der Waals surface area contributed by atoms with E-state index in [0.29, 0.717) is 25.3 Å². The SMILES string of the molecule is CC(C)(C)OC(=O)NC(Cc1c[nH]c2ccccc12)C(=O)Nc1ccc(N2CCOCC2)cc1. The molecule has 2 heterocycles. The highest BCUT2D eigenvalue weighted by Gasteiger charge is 2.26. The summed E-state index contributed by atoms with van der Waals surface area (Å²) >= 11 is 0. The number of amides is 2. The number of hydrogen-bond acceptors (Lipinski definition) is 5. The minimum absolute atomic E-state index is 0.310. The molecule has 1 aromatic heterocycles. The lowest BCUT2D eigenvalue weighted by molar-refractivity contribution is -0.118. The van der Waals surface area contributed by atoms with Gasteiger partial charge >= 0.3 is 6.09 Å². The Morgan fingerprint density at radius 1 is 1.09 bits per heavy atom. The van der Waals surface area contributed by atoms with E-state index in [2.05, 4.69) is 20.5 Å². The molecule has 0 radical (unpaired) electrons. The molecule has 3 N–H and O–H groups in total. The molecule has 0 aliphatic carbocycles. The van der Waals surface area contributed by atoms with Crippen LogP contribution in [0.5, 0.6) is 0 Å². The zero-order valence-electron chi connectivity index (χ0n) is 19.9. The van der Waals surface area contributed by atoms with E-state index in [1.54, 1.807) is 20.8 Å². The van der Waals surface area contributed by atoms with E-state index in [9.17, 15) is 9.59 Å². The van der Waals surface area contributed by atoms with Crippen LogP contribution in [0.3, 0.4) is 0 Å². The minimum atomic E-state index is -0.812. The second-order valence-electron chi connectivity index (χ2n) is 9.40. The average molecular weight is 465 g/mol. The van der Waals surface area contributed by atoms with Crippen molar-refractivity contribution in [2.45, 2.75) is 38.8 Å². The van der Waals surface area contributed by atoms with Gasteiger partial charge in [0, 0.05) is 48.0 Å². The van der Waals surface area contributed by atoms with Crippen molar-refractivity contribution < 1.29 is 19.1 Å². The van der Waals surface area contributed by atoms with Gasteiger partial charge in [0.1, 0.15) is 11.6 Å². The quantitative estimate of drug-likeness (QED) is 0.511. The number of carbonyl (C=O) groups excluding carboxylic acids is 2. The number of anilines is 2. The minimum Gasteiger partial charge on any atom is -0.444 e. The predicted molar refractivity (Wildman–Crippen MR) is 133 cm³/mol. The van der Waals surface area contributed by atoms with Gasteiger partial charge in [0.15, 0.2) is 0 Å². The van der Waals surface area contributed by atoms with Gasteiger partial charge in [-0.25, -0.2) is 4.79 Å². The molecule has 8 nitrogen and oxygen atoms in total. The van der Waals surface area contributed by atoms with Crippen molar-refractivity contribution in [3.8, 4) is 0 Å². The van der Waals surface area contributed by atoms with E-state index in [4.69, 9.17) is 9.47 Å². The lowest BCUT2D eigenvalue weighted by atomic mass is 10.0. The van der Waals surface area contributed by atoms with Crippen LogP contribution in [0.2, 0.25) is 0 Å². The fourth-order valence-corrected chi connectivity index (χ4v) is 3.99. The Balaban J connectivity index is 1.49. The van der Waals surface area contributed by atoms with Crippen LogP contribution in [0, 0.1) is 0 Å². The third-order valence-corrected chi connectivity index (χ3v) is 5.62. The Labute approximate surface area is 199 Å². The van der Waals surface area contributed by atoms with Gasteiger partial charge in [-0.1, -0.05) is 18.2 Å². The van der Waals surface area contributed by atoms with Crippen LogP contribution in [0.15, 0.2) is 54.7 Å². The number of carbonyl (C=O) groups is 2. The van der Waals surface area contributed by atoms with Crippen LogP contribution >= 0.6 is 0 Å². The number of H-pyrrole nitrogens is 1. The largest absolute Gasteiger partial charge is 0.444 e. The van der Waals surface area contributed by atoms with Gasteiger partial charge in [0.05, 0.1) is 13.2 Å². The maximum absolute atomic E-state index is 13.2. The van der Waals surface area contributed by atoms with E-state index >= 15 is 0 Å². The molecule has 3 aromatic rings. The number of nitrogens with one attached hydrogen (secondary N) is 3. The Bertz CT molecular complexity index is 1130. The number of aromatic nitrogens is 1. The summed E-state index contributed by atoms with van der Waals surface area (Å²) in [7, 11) is 0. The van der Waals surface area contributed by atoms with Crippen LogP contribution in [0.25, 0.3) is 10.9 Å². The Hall–Kier alpha value is -3.52. The maximum Gasteiger partial charge on any atom is 0.408 e. The number of rotatable bonds is 6. The maximum atomic E-state index is 13.2. The first-order chi connectivity index (χ1) is 16.3. The van der Waals surface area contributed by atoms with Gasteiger partial charge in [-0.2, -0.15) is 0 Å². The molecule has 0 spiro atoms. The van der Waals surface area contributed by atoms with Gasteiger partial charge in [0.2, 0.25) is 5.91 Å². The molecule has 2 aromatic carbocycles. The highest BCUT2D eigenvalue weighted by molar-refractivity contribution is 5.97. The summed E-state index contributed by atoms with van der Waals surface area (Å²) in [5.74, 6) is -0.310. The second-order valence-corrected chi connectivity index (χ2v) is 9.40. The molecule has 0 bridgehead atoms. The molecule has 8 heteroatoms. The highest BCUT2D eigenvalue weighted by Crippen LogP contribution is 2.22. The molecule has 1 unspecified atom stereocenters. The molecule has 34 heavy (non-hydrogen) atoms. The lowest BCUT2D eigenvalue weighted by Crippen LogP contribution is -2.47. The van der Waals surface area contributed by atoms with E-state index in [-0.39, 0.29) is 5.91 Å². The molecule has 1 atom stereocenters. The van der Waals surface area contributed by atoms with Crippen LogP contribution in [-0.2, 0) is 20.7 Å². The number of ether oxygens (including phenoxy) is 2. The Kier molecular flexibility index (Phi) is 7.07. The van der Waals surface area contributed by atoms with Gasteiger partial charge < -0.3 is 30.0 Å². The number of hydrogen-bond donors (Lipinski definition) is 3. The number of alkyl carbamates (subject to hydrolysis) is 1. The Morgan fingerprint density at radius 2 is 1.79 bits per heavy atom. The summed E-state index contributed by atoms with van der Waals surface area (Å²) in [4.78, 5) is 31.2. The molecule has 4 rings (SSSR count). The summed E-state index contributed by atoms with van der Waals surface area (Å²) in [6.07, 6.45) is 1.56. The van der Waals surface area contributed by atoms with Crippen molar-refractivity contribution in [2.75, 3.05) is 36.5 Å². The van der Waals surface area contributed by atoms with Crippen molar-refractivity contribution >= 4 is 34.3 Å². The van der Waals surface area contributed by atoms with Gasteiger partial charge in [-0.15, -0.1) is 0 Å². The van der Waals surface area contributed by atoms with Crippen LogP contribution in [0.4, 0.5) is 16.2 Å². The molecular weight excluding hydrogens is 432 g/mol. The van der Waals surface area contributed by atoms with Crippen LogP contribution in [0.1, 0.15) is 26.3 Å².